The summed E-state index contributed by atoms with van der Waals surface area (Å²) in [6, 6.07) is 9.73. The molecule has 11 heteroatoms. The monoisotopic (exact) mass is 404 g/mol. The standard InChI is InChI=1S/C17H13ClN4O6/c18-11-3-1-10(2-4-11)17(25)20-19-15(23)8-21-13-7-12(22(26)27)5-6-14(13)28-9-16(21)24/h1-7H,8-9H2,(H,19,23)(H,20,25). The largest absolute Gasteiger partial charge is 0.482 e. The van der Waals surface area contributed by atoms with E-state index in [0.717, 1.165) is 11.0 Å². The van der Waals surface area contributed by atoms with Crippen molar-refractivity contribution < 1.29 is 24.0 Å². The molecule has 2 N–H and O–H groups in total. The molecule has 0 aromatic heterocycles. The molecule has 0 spiro atoms. The molecule has 0 atom stereocenters. The van der Waals surface area contributed by atoms with Gasteiger partial charge in [-0.3, -0.25) is 40.2 Å². The Bertz CT molecular complexity index is 963. The Morgan fingerprint density at radius 3 is 2.57 bits per heavy atom. The first-order valence-corrected chi connectivity index (χ1v) is 8.29. The highest BCUT2D eigenvalue weighted by Gasteiger charge is 2.29. The molecule has 28 heavy (non-hydrogen) atoms. The van der Waals surface area contributed by atoms with Gasteiger partial charge in [0.2, 0.25) is 0 Å². The van der Waals surface area contributed by atoms with E-state index in [4.69, 9.17) is 16.3 Å². The van der Waals surface area contributed by atoms with E-state index < -0.39 is 29.2 Å². The van der Waals surface area contributed by atoms with Crippen molar-refractivity contribution >= 4 is 40.7 Å². The predicted molar refractivity (Wildman–Crippen MR) is 98.0 cm³/mol. The minimum atomic E-state index is -0.699. The van der Waals surface area contributed by atoms with Crippen molar-refractivity contribution in [2.24, 2.45) is 0 Å². The van der Waals surface area contributed by atoms with Crippen LogP contribution in [-0.4, -0.2) is 35.8 Å². The summed E-state index contributed by atoms with van der Waals surface area (Å²) in [7, 11) is 0. The molecule has 3 rings (SSSR count). The van der Waals surface area contributed by atoms with E-state index in [1.54, 1.807) is 0 Å². The molecule has 144 valence electrons. The molecule has 1 aliphatic rings. The summed E-state index contributed by atoms with van der Waals surface area (Å²) in [6.45, 7) is -0.771. The Morgan fingerprint density at radius 2 is 1.89 bits per heavy atom. The minimum Gasteiger partial charge on any atom is -0.482 e. The number of benzene rings is 2. The lowest BCUT2D eigenvalue weighted by atomic mass is 10.2. The second-order valence-corrected chi connectivity index (χ2v) is 6.12. The zero-order chi connectivity index (χ0) is 20.3. The first-order chi connectivity index (χ1) is 13.3. The van der Waals surface area contributed by atoms with Crippen LogP contribution in [0.15, 0.2) is 42.5 Å². The molecule has 0 saturated carbocycles. The molecule has 3 amide bonds. The first kappa shape index (κ1) is 19.1. The van der Waals surface area contributed by atoms with Gasteiger partial charge in [-0.15, -0.1) is 0 Å². The lowest BCUT2D eigenvalue weighted by molar-refractivity contribution is -0.384. The molecular weight excluding hydrogens is 392 g/mol. The highest BCUT2D eigenvalue weighted by molar-refractivity contribution is 6.30. The van der Waals surface area contributed by atoms with Gasteiger partial charge in [0.1, 0.15) is 12.3 Å². The summed E-state index contributed by atoms with van der Waals surface area (Å²) in [4.78, 5) is 47.7. The van der Waals surface area contributed by atoms with Crippen LogP contribution < -0.4 is 20.5 Å². The Balaban J connectivity index is 1.67. The third-order valence-electron chi connectivity index (χ3n) is 3.82. The third-order valence-corrected chi connectivity index (χ3v) is 4.07. The number of non-ortho nitro benzene ring substituents is 1. The van der Waals surface area contributed by atoms with Gasteiger partial charge in [-0.05, 0) is 30.3 Å². The second-order valence-electron chi connectivity index (χ2n) is 5.69. The molecule has 2 aromatic rings. The van der Waals surface area contributed by atoms with Gasteiger partial charge in [-0.25, -0.2) is 0 Å². The van der Waals surface area contributed by atoms with Crippen LogP contribution in [0.25, 0.3) is 0 Å². The van der Waals surface area contributed by atoms with E-state index in [-0.39, 0.29) is 29.3 Å². The van der Waals surface area contributed by atoms with E-state index in [1.807, 2.05) is 0 Å². The number of ether oxygens (including phenoxy) is 1. The Morgan fingerprint density at radius 1 is 1.18 bits per heavy atom. The number of carbonyl (C=O) groups excluding carboxylic acids is 3. The molecule has 2 aromatic carbocycles. The van der Waals surface area contributed by atoms with Gasteiger partial charge in [0.15, 0.2) is 6.61 Å². The molecule has 1 aliphatic heterocycles. The Kier molecular flexibility index (Phi) is 5.41. The number of hydrogen-bond acceptors (Lipinski definition) is 6. The predicted octanol–water partition coefficient (Wildman–Crippen LogP) is 1.43. The fraction of sp³-hybridized carbons (Fsp3) is 0.118. The van der Waals surface area contributed by atoms with Gasteiger partial charge in [0.05, 0.1) is 10.6 Å². The highest BCUT2D eigenvalue weighted by atomic mass is 35.5. The number of nitrogens with one attached hydrogen (secondary N) is 2. The number of amides is 3. The number of nitrogens with zero attached hydrogens (tertiary/aromatic N) is 2. The number of nitro benzene ring substituents is 1. The number of fused-ring (bicyclic) bond motifs is 1. The third kappa shape index (κ3) is 4.18. The first-order valence-electron chi connectivity index (χ1n) is 7.91. The summed E-state index contributed by atoms with van der Waals surface area (Å²) < 4.78 is 5.22. The molecule has 0 aliphatic carbocycles. The number of halogens is 1. The molecule has 0 radical (unpaired) electrons. The van der Waals surface area contributed by atoms with Crippen LogP contribution >= 0.6 is 11.6 Å². The summed E-state index contributed by atoms with van der Waals surface area (Å²) in [5.41, 5.74) is 4.53. The summed E-state index contributed by atoms with van der Waals surface area (Å²) >= 11 is 5.75. The van der Waals surface area contributed by atoms with Crippen molar-refractivity contribution in [2.75, 3.05) is 18.1 Å². The van der Waals surface area contributed by atoms with Crippen LogP contribution in [0.5, 0.6) is 5.75 Å². The van der Waals surface area contributed by atoms with E-state index in [2.05, 4.69) is 10.9 Å². The van der Waals surface area contributed by atoms with Crippen molar-refractivity contribution in [3.05, 3.63) is 63.2 Å². The Labute approximate surface area is 163 Å². The maximum absolute atomic E-state index is 12.2. The molecule has 1 heterocycles. The molecule has 10 nitrogen and oxygen atoms in total. The number of rotatable bonds is 4. The molecule has 0 unspecified atom stereocenters. The SMILES string of the molecule is O=C(CN1C(=O)COc2ccc([N+](=O)[O-])cc21)NNC(=O)c1ccc(Cl)cc1. The Hall–Kier alpha value is -3.66. The van der Waals surface area contributed by atoms with E-state index >= 15 is 0 Å². The van der Waals surface area contributed by atoms with Gasteiger partial charge in [0.25, 0.3) is 23.4 Å². The number of anilines is 1. The van der Waals surface area contributed by atoms with Crippen molar-refractivity contribution in [1.29, 1.82) is 0 Å². The zero-order valence-corrected chi connectivity index (χ0v) is 14.9. The van der Waals surface area contributed by atoms with Crippen LogP contribution in [0.2, 0.25) is 5.02 Å². The highest BCUT2D eigenvalue weighted by Crippen LogP contribution is 2.35. The summed E-state index contributed by atoms with van der Waals surface area (Å²) in [5, 5.41) is 11.4. The molecular formula is C17H13ClN4O6. The van der Waals surface area contributed by atoms with Crippen LogP contribution in [0.1, 0.15) is 10.4 Å². The van der Waals surface area contributed by atoms with Gasteiger partial charge >= 0.3 is 0 Å². The maximum Gasteiger partial charge on any atom is 0.271 e. The maximum atomic E-state index is 12.2. The summed E-state index contributed by atoms with van der Waals surface area (Å²) in [6.07, 6.45) is 0. The lowest BCUT2D eigenvalue weighted by Crippen LogP contribution is -2.49. The minimum absolute atomic E-state index is 0.102. The van der Waals surface area contributed by atoms with Crippen LogP contribution in [0.3, 0.4) is 0 Å². The van der Waals surface area contributed by atoms with Gasteiger partial charge < -0.3 is 4.74 Å². The van der Waals surface area contributed by atoms with E-state index in [9.17, 15) is 24.5 Å². The van der Waals surface area contributed by atoms with Crippen LogP contribution in [-0.2, 0) is 9.59 Å². The van der Waals surface area contributed by atoms with Crippen molar-refractivity contribution in [2.45, 2.75) is 0 Å². The normalized spacial score (nSPS) is 12.6. The number of nitro groups is 1. The average molecular weight is 405 g/mol. The topological polar surface area (TPSA) is 131 Å². The fourth-order valence-electron chi connectivity index (χ4n) is 2.46. The van der Waals surface area contributed by atoms with E-state index in [1.165, 1.54) is 36.4 Å². The fourth-order valence-corrected chi connectivity index (χ4v) is 2.59. The molecule has 0 fully saturated rings. The van der Waals surface area contributed by atoms with Crippen LogP contribution in [0.4, 0.5) is 11.4 Å². The number of hydrogen-bond donors (Lipinski definition) is 2. The smallest absolute Gasteiger partial charge is 0.271 e. The van der Waals surface area contributed by atoms with Gasteiger partial charge in [-0.2, -0.15) is 0 Å². The zero-order valence-electron chi connectivity index (χ0n) is 14.2. The van der Waals surface area contributed by atoms with Crippen molar-refractivity contribution in [3.8, 4) is 5.75 Å². The van der Waals surface area contributed by atoms with Gasteiger partial charge in [0, 0.05) is 22.7 Å². The lowest BCUT2D eigenvalue weighted by Gasteiger charge is -2.28. The molecule has 0 saturated heterocycles. The summed E-state index contributed by atoms with van der Waals surface area (Å²) in [5.74, 6) is -1.58. The van der Waals surface area contributed by atoms with Crippen molar-refractivity contribution in [3.63, 3.8) is 0 Å². The number of hydrazine groups is 1. The average Bonchev–Trinajstić information content (AvgIpc) is 2.68. The number of carbonyl (C=O) groups is 3. The quantitative estimate of drug-likeness (QED) is 0.585. The van der Waals surface area contributed by atoms with Gasteiger partial charge in [-0.1, -0.05) is 11.6 Å². The van der Waals surface area contributed by atoms with Crippen LogP contribution in [0, 0.1) is 10.1 Å². The second kappa shape index (κ2) is 7.92. The molecule has 0 bridgehead atoms. The van der Waals surface area contributed by atoms with E-state index in [0.29, 0.717) is 5.02 Å². The van der Waals surface area contributed by atoms with Crippen molar-refractivity contribution in [1.82, 2.24) is 10.9 Å².